The van der Waals surface area contributed by atoms with Crippen LogP contribution >= 0.6 is 11.3 Å². The van der Waals surface area contributed by atoms with Crippen LogP contribution in [0.15, 0.2) is 59.0 Å². The maximum Gasteiger partial charge on any atom is 0.418 e. The van der Waals surface area contributed by atoms with E-state index in [2.05, 4.69) is 18.2 Å². The van der Waals surface area contributed by atoms with E-state index >= 15 is 0 Å². The van der Waals surface area contributed by atoms with Crippen LogP contribution in [-0.2, 0) is 0 Å². The van der Waals surface area contributed by atoms with Crippen LogP contribution in [0, 0.1) is 10.2 Å². The highest BCUT2D eigenvalue weighted by Crippen LogP contribution is 2.32. The van der Waals surface area contributed by atoms with Gasteiger partial charge >= 0.3 is 10.7 Å². The summed E-state index contributed by atoms with van der Waals surface area (Å²) in [5, 5.41) is 0.969. The SMILES string of the molecule is [O-][Cl+3]([O-])([O-])[O-].c1ccc(-c2[o+]c3ccccc3s2)cc1. The van der Waals surface area contributed by atoms with Crippen LogP contribution < -0.4 is 18.6 Å². The molecule has 20 heavy (non-hydrogen) atoms. The molecule has 0 aliphatic carbocycles. The Morgan fingerprint density at radius 1 is 0.800 bits per heavy atom. The molecule has 0 aliphatic heterocycles. The van der Waals surface area contributed by atoms with E-state index in [1.165, 1.54) is 4.70 Å². The second-order valence-electron chi connectivity index (χ2n) is 3.68. The van der Waals surface area contributed by atoms with Crippen LogP contribution in [0.2, 0.25) is 0 Å². The van der Waals surface area contributed by atoms with E-state index in [0.29, 0.717) is 0 Å². The molecule has 0 fully saturated rings. The van der Waals surface area contributed by atoms with Gasteiger partial charge in [0.05, 0.1) is 5.56 Å². The summed E-state index contributed by atoms with van der Waals surface area (Å²) in [6.07, 6.45) is 0. The number of fused-ring (bicyclic) bond motifs is 1. The van der Waals surface area contributed by atoms with Gasteiger partial charge in [-0.2, -0.15) is 4.42 Å². The molecule has 0 saturated heterocycles. The maximum atomic E-state index is 8.49. The normalized spacial score (nSPS) is 11.0. The Kier molecular flexibility index (Phi) is 4.66. The fourth-order valence-electron chi connectivity index (χ4n) is 1.53. The number of para-hydroxylation sites is 1. The van der Waals surface area contributed by atoms with Crippen molar-refractivity contribution in [3.8, 4) is 10.6 Å². The fourth-order valence-corrected chi connectivity index (χ4v) is 2.47. The highest BCUT2D eigenvalue weighted by Gasteiger charge is 2.18. The Labute approximate surface area is 120 Å². The summed E-state index contributed by atoms with van der Waals surface area (Å²) < 4.78 is 40.9. The van der Waals surface area contributed by atoms with Gasteiger partial charge in [-0.3, -0.25) is 0 Å². The van der Waals surface area contributed by atoms with E-state index in [1.54, 1.807) is 11.3 Å². The Balaban J connectivity index is 0.000000257. The van der Waals surface area contributed by atoms with Crippen molar-refractivity contribution >= 4 is 21.6 Å². The first-order chi connectivity index (χ1) is 9.43. The quantitative estimate of drug-likeness (QED) is 0.573. The van der Waals surface area contributed by atoms with Crippen LogP contribution in [-0.4, -0.2) is 0 Å². The van der Waals surface area contributed by atoms with Gasteiger partial charge in [0.2, 0.25) is 0 Å². The monoisotopic (exact) mass is 312 g/mol. The molecule has 2 aromatic carbocycles. The number of hydrogen-bond donors (Lipinski definition) is 0. The average molecular weight is 313 g/mol. The average Bonchev–Trinajstić information content (AvgIpc) is 2.81. The Hall–Kier alpha value is -1.54. The molecule has 3 rings (SSSR count). The third-order valence-electron chi connectivity index (χ3n) is 2.26. The van der Waals surface area contributed by atoms with Crippen molar-refractivity contribution in [2.75, 3.05) is 0 Å². The molecule has 1 aromatic heterocycles. The maximum absolute atomic E-state index is 8.49. The highest BCUT2D eigenvalue weighted by atomic mass is 35.7. The highest BCUT2D eigenvalue weighted by molar-refractivity contribution is 7.21. The van der Waals surface area contributed by atoms with Crippen molar-refractivity contribution in [2.24, 2.45) is 0 Å². The zero-order chi connectivity index (χ0) is 14.6. The number of hydrogen-bond acceptors (Lipinski definition) is 5. The topological polar surface area (TPSA) is 104 Å². The summed E-state index contributed by atoms with van der Waals surface area (Å²) in [5.41, 5.74) is 2.10. The van der Waals surface area contributed by atoms with Gasteiger partial charge in [0.1, 0.15) is 4.70 Å². The van der Waals surface area contributed by atoms with Crippen LogP contribution in [0.3, 0.4) is 0 Å². The predicted molar refractivity (Wildman–Crippen MR) is 63.9 cm³/mol. The van der Waals surface area contributed by atoms with E-state index in [1.807, 2.05) is 36.4 Å². The Morgan fingerprint density at radius 2 is 1.35 bits per heavy atom. The van der Waals surface area contributed by atoms with E-state index < -0.39 is 10.2 Å². The predicted octanol–water partition coefficient (Wildman–Crippen LogP) is -0.314. The molecule has 0 aliphatic rings. The fraction of sp³-hybridized carbons (Fsp3) is 0. The van der Waals surface area contributed by atoms with Crippen LogP contribution in [0.5, 0.6) is 0 Å². The molecule has 7 heteroatoms. The molecule has 0 atom stereocenters. The standard InChI is InChI=1S/C13H9OS.ClHO4/c1-2-6-10(7-3-1)13-14-11-8-4-5-9-12(11)15-13;2-1(3,4)5/h1-9H;(H,2,3,4,5)/q+1;/p-1. The van der Waals surface area contributed by atoms with E-state index in [0.717, 1.165) is 16.2 Å². The first-order valence-electron chi connectivity index (χ1n) is 5.42. The van der Waals surface area contributed by atoms with Crippen molar-refractivity contribution in [1.29, 1.82) is 0 Å². The zero-order valence-corrected chi connectivity index (χ0v) is 11.6. The molecule has 0 radical (unpaired) electrons. The second kappa shape index (κ2) is 6.27. The van der Waals surface area contributed by atoms with Gasteiger partial charge in [-0.1, -0.05) is 30.3 Å². The molecule has 5 nitrogen and oxygen atoms in total. The Morgan fingerprint density at radius 3 is 1.95 bits per heavy atom. The lowest BCUT2D eigenvalue weighted by atomic mass is 10.2. The minimum atomic E-state index is -4.94. The molecule has 0 saturated carbocycles. The van der Waals surface area contributed by atoms with Crippen LogP contribution in [0.1, 0.15) is 0 Å². The molecule has 0 unspecified atom stereocenters. The van der Waals surface area contributed by atoms with Gasteiger partial charge < -0.3 is 0 Å². The van der Waals surface area contributed by atoms with Crippen molar-refractivity contribution < 1.29 is 33.3 Å². The van der Waals surface area contributed by atoms with Crippen LogP contribution in [0.4, 0.5) is 0 Å². The molecule has 0 N–H and O–H groups in total. The van der Waals surface area contributed by atoms with Gasteiger partial charge in [0.25, 0.3) is 0 Å². The van der Waals surface area contributed by atoms with Gasteiger partial charge in [0.15, 0.2) is 0 Å². The van der Waals surface area contributed by atoms with Gasteiger partial charge in [-0.15, -0.1) is 10.2 Å². The van der Waals surface area contributed by atoms with Crippen molar-refractivity contribution in [3.63, 3.8) is 0 Å². The van der Waals surface area contributed by atoms with E-state index in [-0.39, 0.29) is 0 Å². The summed E-state index contributed by atoms with van der Waals surface area (Å²) >= 11 is 1.68. The number of rotatable bonds is 1. The summed E-state index contributed by atoms with van der Waals surface area (Å²) in [6, 6.07) is 18.3. The minimum Gasteiger partial charge on any atom is -0.222 e. The molecular weight excluding hydrogens is 304 g/mol. The van der Waals surface area contributed by atoms with Crippen molar-refractivity contribution in [1.82, 2.24) is 0 Å². The molecule has 104 valence electrons. The lowest BCUT2D eigenvalue weighted by Crippen LogP contribution is -2.68. The zero-order valence-electron chi connectivity index (χ0n) is 10.0. The molecular formula is C13H9ClO5S. The summed E-state index contributed by atoms with van der Waals surface area (Å²) in [7, 11) is -4.94. The van der Waals surface area contributed by atoms with E-state index in [9.17, 15) is 0 Å². The van der Waals surface area contributed by atoms with Crippen molar-refractivity contribution in [3.05, 3.63) is 54.6 Å². The first-order valence-corrected chi connectivity index (χ1v) is 7.47. The smallest absolute Gasteiger partial charge is 0.222 e. The summed E-state index contributed by atoms with van der Waals surface area (Å²) in [5.74, 6) is 0. The molecule has 0 amide bonds. The second-order valence-corrected chi connectivity index (χ2v) is 5.45. The third kappa shape index (κ3) is 4.53. The molecule has 0 spiro atoms. The third-order valence-corrected chi connectivity index (χ3v) is 3.33. The minimum absolute atomic E-state index is 0.960. The van der Waals surface area contributed by atoms with E-state index in [4.69, 9.17) is 23.1 Å². The lowest BCUT2D eigenvalue weighted by Gasteiger charge is -2.17. The summed E-state index contributed by atoms with van der Waals surface area (Å²) in [4.78, 5) is 0. The summed E-state index contributed by atoms with van der Waals surface area (Å²) in [6.45, 7) is 0. The largest absolute Gasteiger partial charge is 0.418 e. The van der Waals surface area contributed by atoms with Crippen LogP contribution in [0.25, 0.3) is 20.9 Å². The molecule has 0 bridgehead atoms. The molecule has 1 heterocycles. The first kappa shape index (κ1) is 14.9. The number of benzene rings is 2. The Bertz CT molecular complexity index is 639. The van der Waals surface area contributed by atoms with Gasteiger partial charge in [-0.25, -0.2) is 18.6 Å². The van der Waals surface area contributed by atoms with Gasteiger partial charge in [0, 0.05) is 6.07 Å². The molecule has 3 aromatic rings. The number of halogens is 1. The van der Waals surface area contributed by atoms with Crippen molar-refractivity contribution in [2.45, 2.75) is 0 Å². The van der Waals surface area contributed by atoms with Gasteiger partial charge in [-0.05, 0) is 29.5 Å². The lowest BCUT2D eigenvalue weighted by molar-refractivity contribution is -2.00.